The van der Waals surface area contributed by atoms with Crippen LogP contribution in [0.5, 0.6) is 0 Å². The number of primary sulfonamides is 1. The van der Waals surface area contributed by atoms with Crippen LogP contribution in [0.3, 0.4) is 0 Å². The zero-order valence-electron chi connectivity index (χ0n) is 10.4. The molecule has 1 amide bonds. The highest BCUT2D eigenvalue weighted by atomic mass is 32.2. The van der Waals surface area contributed by atoms with E-state index in [1.807, 2.05) is 0 Å². The Morgan fingerprint density at radius 3 is 2.75 bits per heavy atom. The lowest BCUT2D eigenvalue weighted by molar-refractivity contribution is 0.0956. The van der Waals surface area contributed by atoms with Gasteiger partial charge in [0.15, 0.2) is 0 Å². The molecule has 1 rings (SSSR count). The molecule has 6 nitrogen and oxygen atoms in total. The summed E-state index contributed by atoms with van der Waals surface area (Å²) < 4.78 is 34.5. The number of rotatable bonds is 4. The molecule has 108 valence electrons. The van der Waals surface area contributed by atoms with Gasteiger partial charge in [-0.05, 0) is 18.2 Å². The smallest absolute Gasteiger partial charge is 0.252 e. The molecule has 0 aromatic heterocycles. The van der Waals surface area contributed by atoms with Crippen LogP contribution in [0.25, 0.3) is 0 Å². The van der Waals surface area contributed by atoms with Gasteiger partial charge in [-0.3, -0.25) is 4.79 Å². The molecule has 8 heteroatoms. The lowest BCUT2D eigenvalue weighted by atomic mass is 10.1. The van der Waals surface area contributed by atoms with E-state index in [4.69, 9.17) is 10.2 Å². The molecule has 0 aliphatic heterocycles. The summed E-state index contributed by atoms with van der Waals surface area (Å²) in [5, 5.41) is 15.7. The number of nitrogens with two attached hydrogens (primary N) is 1. The molecule has 20 heavy (non-hydrogen) atoms. The van der Waals surface area contributed by atoms with Crippen molar-refractivity contribution < 1.29 is 22.7 Å². The van der Waals surface area contributed by atoms with Crippen LogP contribution >= 0.6 is 0 Å². The standard InChI is InChI=1S/C12H13FN2O4S/c13-10-3-4-11(9(8-10)2-1-6-16)12(17)15-5-7-20(14,18)19/h3-4,8,16H,5-7H2,(H,15,17)(H2,14,18,19). The summed E-state index contributed by atoms with van der Waals surface area (Å²) in [6.07, 6.45) is 0. The van der Waals surface area contributed by atoms with E-state index in [1.54, 1.807) is 0 Å². The molecule has 0 atom stereocenters. The van der Waals surface area contributed by atoms with Gasteiger partial charge in [-0.2, -0.15) is 0 Å². The predicted octanol–water partition coefficient (Wildman–Crippen LogP) is -0.812. The second-order valence-corrected chi connectivity index (χ2v) is 5.51. The fraction of sp³-hybridized carbons (Fsp3) is 0.250. The minimum absolute atomic E-state index is 0.0850. The molecule has 0 radical (unpaired) electrons. The Morgan fingerprint density at radius 1 is 1.45 bits per heavy atom. The van der Waals surface area contributed by atoms with Crippen molar-refractivity contribution in [3.05, 3.63) is 35.1 Å². The Balaban J connectivity index is 2.87. The Hall–Kier alpha value is -1.95. The highest BCUT2D eigenvalue weighted by Gasteiger charge is 2.12. The van der Waals surface area contributed by atoms with E-state index < -0.39 is 34.1 Å². The van der Waals surface area contributed by atoms with Gasteiger partial charge in [0.2, 0.25) is 10.0 Å². The van der Waals surface area contributed by atoms with Crippen molar-refractivity contribution in [1.29, 1.82) is 0 Å². The maximum absolute atomic E-state index is 13.1. The summed E-state index contributed by atoms with van der Waals surface area (Å²) >= 11 is 0. The Bertz CT molecular complexity index is 662. The van der Waals surface area contributed by atoms with E-state index in [1.165, 1.54) is 6.07 Å². The van der Waals surface area contributed by atoms with Gasteiger partial charge in [0, 0.05) is 12.1 Å². The summed E-state index contributed by atoms with van der Waals surface area (Å²) in [6.45, 7) is -0.592. The number of hydrogen-bond acceptors (Lipinski definition) is 4. The van der Waals surface area contributed by atoms with Crippen molar-refractivity contribution >= 4 is 15.9 Å². The Labute approximate surface area is 115 Å². The van der Waals surface area contributed by atoms with Crippen LogP contribution in [0.1, 0.15) is 15.9 Å². The van der Waals surface area contributed by atoms with Crippen molar-refractivity contribution in [2.45, 2.75) is 0 Å². The first kappa shape index (κ1) is 16.1. The maximum Gasteiger partial charge on any atom is 0.252 e. The van der Waals surface area contributed by atoms with Crippen molar-refractivity contribution in [3.8, 4) is 11.8 Å². The average molecular weight is 300 g/mol. The van der Waals surface area contributed by atoms with Gasteiger partial charge in [0.1, 0.15) is 12.4 Å². The zero-order valence-corrected chi connectivity index (χ0v) is 11.2. The maximum atomic E-state index is 13.1. The summed E-state index contributed by atoms with van der Waals surface area (Å²) in [6, 6.07) is 3.36. The number of hydrogen-bond donors (Lipinski definition) is 3. The molecule has 4 N–H and O–H groups in total. The zero-order chi connectivity index (χ0) is 15.2. The lowest BCUT2D eigenvalue weighted by Gasteiger charge is -2.06. The average Bonchev–Trinajstić information content (AvgIpc) is 2.34. The molecule has 0 bridgehead atoms. The Morgan fingerprint density at radius 2 is 2.15 bits per heavy atom. The summed E-state index contributed by atoms with van der Waals surface area (Å²) in [4.78, 5) is 11.8. The molecule has 0 aliphatic carbocycles. The fourth-order valence-corrected chi connectivity index (χ4v) is 1.74. The van der Waals surface area contributed by atoms with Crippen LogP contribution in [0.4, 0.5) is 4.39 Å². The molecular weight excluding hydrogens is 287 g/mol. The summed E-state index contributed by atoms with van der Waals surface area (Å²) in [5.41, 5.74) is 0.189. The molecule has 0 saturated carbocycles. The van der Waals surface area contributed by atoms with Crippen LogP contribution in [0.2, 0.25) is 0 Å². The van der Waals surface area contributed by atoms with E-state index in [2.05, 4.69) is 17.2 Å². The highest BCUT2D eigenvalue weighted by molar-refractivity contribution is 7.89. The molecular formula is C12H13FN2O4S. The van der Waals surface area contributed by atoms with Gasteiger partial charge < -0.3 is 10.4 Å². The van der Waals surface area contributed by atoms with Crippen LogP contribution in [0, 0.1) is 17.7 Å². The third-order valence-corrected chi connectivity index (χ3v) is 2.97. The Kier molecular flexibility index (Phi) is 5.64. The molecule has 1 aromatic rings. The molecule has 0 aliphatic rings. The molecule has 0 spiro atoms. The van der Waals surface area contributed by atoms with E-state index >= 15 is 0 Å². The second-order valence-electron chi connectivity index (χ2n) is 3.77. The number of aliphatic hydroxyl groups excluding tert-OH is 1. The van der Waals surface area contributed by atoms with E-state index in [-0.39, 0.29) is 17.7 Å². The number of sulfonamides is 1. The quantitative estimate of drug-likeness (QED) is 0.632. The highest BCUT2D eigenvalue weighted by Crippen LogP contribution is 2.10. The molecule has 1 aromatic carbocycles. The SMILES string of the molecule is NS(=O)(=O)CCNC(=O)c1ccc(F)cc1C#CCO. The van der Waals surface area contributed by atoms with Crippen LogP contribution in [-0.4, -0.2) is 38.3 Å². The van der Waals surface area contributed by atoms with Gasteiger partial charge >= 0.3 is 0 Å². The number of benzene rings is 1. The molecule has 0 heterocycles. The lowest BCUT2D eigenvalue weighted by Crippen LogP contribution is -2.31. The van der Waals surface area contributed by atoms with E-state index in [0.717, 1.165) is 12.1 Å². The predicted molar refractivity (Wildman–Crippen MR) is 70.7 cm³/mol. The molecule has 0 unspecified atom stereocenters. The molecule has 0 fully saturated rings. The van der Waals surface area contributed by atoms with Crippen molar-refractivity contribution in [3.63, 3.8) is 0 Å². The number of carbonyl (C=O) groups is 1. The van der Waals surface area contributed by atoms with Gasteiger partial charge in [0.05, 0.1) is 11.3 Å². The minimum Gasteiger partial charge on any atom is -0.384 e. The number of halogens is 1. The van der Waals surface area contributed by atoms with Crippen molar-refractivity contribution in [2.75, 3.05) is 18.9 Å². The first-order chi connectivity index (χ1) is 9.33. The topological polar surface area (TPSA) is 109 Å². The van der Waals surface area contributed by atoms with Crippen molar-refractivity contribution in [1.82, 2.24) is 5.32 Å². The van der Waals surface area contributed by atoms with Gasteiger partial charge in [-0.1, -0.05) is 11.8 Å². The normalized spacial score (nSPS) is 10.6. The number of amides is 1. The number of carbonyl (C=O) groups excluding carboxylic acids is 1. The first-order valence-corrected chi connectivity index (χ1v) is 7.23. The van der Waals surface area contributed by atoms with Gasteiger partial charge in [-0.15, -0.1) is 0 Å². The first-order valence-electron chi connectivity index (χ1n) is 5.51. The van der Waals surface area contributed by atoms with Crippen LogP contribution in [0.15, 0.2) is 18.2 Å². The summed E-state index contributed by atoms with van der Waals surface area (Å²) in [5.74, 6) is 3.18. The largest absolute Gasteiger partial charge is 0.384 e. The second kappa shape index (κ2) is 7.00. The van der Waals surface area contributed by atoms with Crippen LogP contribution < -0.4 is 10.5 Å². The minimum atomic E-state index is -3.67. The fourth-order valence-electron chi connectivity index (χ4n) is 1.35. The molecule has 0 saturated heterocycles. The number of aliphatic hydroxyl groups is 1. The van der Waals surface area contributed by atoms with Crippen LogP contribution in [-0.2, 0) is 10.0 Å². The van der Waals surface area contributed by atoms with Gasteiger partial charge in [0.25, 0.3) is 5.91 Å². The van der Waals surface area contributed by atoms with Crippen molar-refractivity contribution in [2.24, 2.45) is 5.14 Å². The number of nitrogens with one attached hydrogen (secondary N) is 1. The van der Waals surface area contributed by atoms with E-state index in [0.29, 0.717) is 0 Å². The monoisotopic (exact) mass is 300 g/mol. The summed E-state index contributed by atoms with van der Waals surface area (Å²) in [7, 11) is -3.67. The van der Waals surface area contributed by atoms with E-state index in [9.17, 15) is 17.6 Å². The van der Waals surface area contributed by atoms with Gasteiger partial charge in [-0.25, -0.2) is 17.9 Å². The third kappa shape index (κ3) is 5.36. The third-order valence-electron chi connectivity index (χ3n) is 2.20.